The van der Waals surface area contributed by atoms with Crippen molar-refractivity contribution >= 4 is 0 Å². The number of aliphatic hydroxyl groups is 1. The van der Waals surface area contributed by atoms with Gasteiger partial charge in [0.25, 0.3) is 0 Å². The topological polar surface area (TPSA) is 55.5 Å². The van der Waals surface area contributed by atoms with Crippen molar-refractivity contribution in [1.82, 2.24) is 0 Å². The van der Waals surface area contributed by atoms with Gasteiger partial charge in [-0.15, -0.1) is 0 Å². The summed E-state index contributed by atoms with van der Waals surface area (Å²) in [5.74, 6) is 0.945. The number of hydrogen-bond acceptors (Lipinski definition) is 3. The fourth-order valence-corrected chi connectivity index (χ4v) is 2.81. The molecule has 3 nitrogen and oxygen atoms in total. The molecule has 3 N–H and O–H groups in total. The van der Waals surface area contributed by atoms with Gasteiger partial charge in [0.2, 0.25) is 0 Å². The highest BCUT2D eigenvalue weighted by Gasteiger charge is 2.39. The Morgan fingerprint density at radius 1 is 1.47 bits per heavy atom. The third-order valence-corrected chi connectivity index (χ3v) is 3.89. The van der Waals surface area contributed by atoms with Crippen LogP contribution in [0.5, 0.6) is 5.75 Å². The van der Waals surface area contributed by atoms with E-state index in [4.69, 9.17) is 10.5 Å². The van der Waals surface area contributed by atoms with E-state index in [1.807, 2.05) is 24.3 Å². The zero-order valence-electron chi connectivity index (χ0n) is 10.4. The third-order valence-electron chi connectivity index (χ3n) is 3.89. The molecule has 0 aromatic heterocycles. The summed E-state index contributed by atoms with van der Waals surface area (Å²) in [5, 5.41) is 10.9. The van der Waals surface area contributed by atoms with Crippen molar-refractivity contribution in [3.63, 3.8) is 0 Å². The standard InChI is InChI=1S/C14H21NO2/c1-17-13-7-4-6-11(9-13)14(16)8-3-2-5-12(14)10-15/h4,6-7,9,12,16H,2-3,5,8,10,15H2,1H3/t12?,14-/m0/s1. The van der Waals surface area contributed by atoms with Crippen LogP contribution in [0.2, 0.25) is 0 Å². The molecule has 0 aliphatic heterocycles. The van der Waals surface area contributed by atoms with Crippen LogP contribution in [0.25, 0.3) is 0 Å². The number of nitrogens with two attached hydrogens (primary N) is 1. The summed E-state index contributed by atoms with van der Waals surface area (Å²) in [5.41, 5.74) is 5.96. The van der Waals surface area contributed by atoms with Gasteiger partial charge in [-0.2, -0.15) is 0 Å². The normalized spacial score (nSPS) is 29.0. The van der Waals surface area contributed by atoms with Crippen LogP contribution in [0.15, 0.2) is 24.3 Å². The number of ether oxygens (including phenoxy) is 1. The lowest BCUT2D eigenvalue weighted by atomic mass is 9.71. The summed E-state index contributed by atoms with van der Waals surface area (Å²) in [4.78, 5) is 0. The van der Waals surface area contributed by atoms with Gasteiger partial charge in [-0.3, -0.25) is 0 Å². The molecule has 1 fully saturated rings. The van der Waals surface area contributed by atoms with Gasteiger partial charge in [0.15, 0.2) is 0 Å². The molecule has 1 aliphatic rings. The first-order chi connectivity index (χ1) is 8.20. The predicted molar refractivity (Wildman–Crippen MR) is 67.9 cm³/mol. The molecule has 1 aliphatic carbocycles. The fourth-order valence-electron chi connectivity index (χ4n) is 2.81. The molecule has 0 spiro atoms. The Labute approximate surface area is 103 Å². The first-order valence-corrected chi connectivity index (χ1v) is 6.27. The zero-order valence-corrected chi connectivity index (χ0v) is 10.4. The molecule has 3 heteroatoms. The molecular formula is C14H21NO2. The number of benzene rings is 1. The Balaban J connectivity index is 2.33. The van der Waals surface area contributed by atoms with Gasteiger partial charge in [0, 0.05) is 5.92 Å². The van der Waals surface area contributed by atoms with Crippen LogP contribution in [0.3, 0.4) is 0 Å². The minimum atomic E-state index is -0.776. The van der Waals surface area contributed by atoms with Crippen molar-refractivity contribution in [2.24, 2.45) is 11.7 Å². The molecule has 1 aromatic carbocycles. The van der Waals surface area contributed by atoms with Gasteiger partial charge >= 0.3 is 0 Å². The molecule has 17 heavy (non-hydrogen) atoms. The SMILES string of the molecule is COc1cccc([C@@]2(O)CCCCC2CN)c1. The molecule has 0 amide bonds. The third kappa shape index (κ3) is 2.31. The van der Waals surface area contributed by atoms with Crippen molar-refractivity contribution in [1.29, 1.82) is 0 Å². The van der Waals surface area contributed by atoms with Crippen LogP contribution < -0.4 is 10.5 Å². The van der Waals surface area contributed by atoms with Gasteiger partial charge in [-0.1, -0.05) is 25.0 Å². The Morgan fingerprint density at radius 2 is 2.29 bits per heavy atom. The molecule has 0 radical (unpaired) electrons. The van der Waals surface area contributed by atoms with E-state index >= 15 is 0 Å². The first kappa shape index (κ1) is 12.4. The first-order valence-electron chi connectivity index (χ1n) is 6.27. The molecule has 0 bridgehead atoms. The van der Waals surface area contributed by atoms with E-state index in [1.165, 1.54) is 0 Å². The highest BCUT2D eigenvalue weighted by molar-refractivity contribution is 5.33. The number of methoxy groups -OCH3 is 1. The van der Waals surface area contributed by atoms with Crippen molar-refractivity contribution in [2.45, 2.75) is 31.3 Å². The van der Waals surface area contributed by atoms with E-state index in [1.54, 1.807) is 7.11 Å². The van der Waals surface area contributed by atoms with Crippen molar-refractivity contribution in [2.75, 3.05) is 13.7 Å². The lowest BCUT2D eigenvalue weighted by molar-refractivity contribution is -0.0507. The van der Waals surface area contributed by atoms with Gasteiger partial charge in [0.1, 0.15) is 5.75 Å². The molecule has 1 saturated carbocycles. The highest BCUT2D eigenvalue weighted by Crippen LogP contribution is 2.41. The molecule has 1 unspecified atom stereocenters. The van der Waals surface area contributed by atoms with Gasteiger partial charge in [0.05, 0.1) is 12.7 Å². The van der Waals surface area contributed by atoms with Crippen LogP contribution in [0, 0.1) is 5.92 Å². The average molecular weight is 235 g/mol. The van der Waals surface area contributed by atoms with Crippen LogP contribution >= 0.6 is 0 Å². The van der Waals surface area contributed by atoms with E-state index in [0.717, 1.165) is 37.0 Å². The summed E-state index contributed by atoms with van der Waals surface area (Å²) in [6.45, 7) is 0.535. The summed E-state index contributed by atoms with van der Waals surface area (Å²) in [6.07, 6.45) is 4.02. The number of hydrogen-bond donors (Lipinski definition) is 2. The van der Waals surface area contributed by atoms with Crippen molar-refractivity contribution < 1.29 is 9.84 Å². The zero-order chi connectivity index (χ0) is 12.3. The average Bonchev–Trinajstić information content (AvgIpc) is 2.39. The summed E-state index contributed by atoms with van der Waals surface area (Å²) in [6, 6.07) is 7.71. The van der Waals surface area contributed by atoms with E-state index in [9.17, 15) is 5.11 Å². The minimum Gasteiger partial charge on any atom is -0.497 e. The number of rotatable bonds is 3. The Hall–Kier alpha value is -1.06. The predicted octanol–water partition coefficient (Wildman–Crippen LogP) is 2.03. The monoisotopic (exact) mass is 235 g/mol. The van der Waals surface area contributed by atoms with E-state index < -0.39 is 5.60 Å². The van der Waals surface area contributed by atoms with Gasteiger partial charge < -0.3 is 15.6 Å². The summed E-state index contributed by atoms with van der Waals surface area (Å²) < 4.78 is 5.22. The van der Waals surface area contributed by atoms with Crippen molar-refractivity contribution in [3.8, 4) is 5.75 Å². The van der Waals surface area contributed by atoms with E-state index in [0.29, 0.717) is 6.54 Å². The highest BCUT2D eigenvalue weighted by atomic mass is 16.5. The maximum atomic E-state index is 10.9. The van der Waals surface area contributed by atoms with Crippen LogP contribution in [-0.2, 0) is 5.60 Å². The molecule has 0 saturated heterocycles. The molecular weight excluding hydrogens is 214 g/mol. The van der Waals surface area contributed by atoms with E-state index in [-0.39, 0.29) is 5.92 Å². The Kier molecular flexibility index (Phi) is 3.69. The second-order valence-corrected chi connectivity index (χ2v) is 4.83. The second kappa shape index (κ2) is 5.07. The molecule has 1 aromatic rings. The largest absolute Gasteiger partial charge is 0.497 e. The minimum absolute atomic E-state index is 0.156. The molecule has 2 rings (SSSR count). The van der Waals surface area contributed by atoms with Gasteiger partial charge in [-0.05, 0) is 37.1 Å². The maximum Gasteiger partial charge on any atom is 0.119 e. The second-order valence-electron chi connectivity index (χ2n) is 4.83. The molecule has 2 atom stereocenters. The maximum absolute atomic E-state index is 10.9. The lowest BCUT2D eigenvalue weighted by Gasteiger charge is -2.40. The Bertz CT molecular complexity index is 380. The molecule has 0 heterocycles. The molecule has 94 valence electrons. The van der Waals surface area contributed by atoms with Crippen LogP contribution in [0.1, 0.15) is 31.2 Å². The summed E-state index contributed by atoms with van der Waals surface area (Å²) in [7, 11) is 1.64. The van der Waals surface area contributed by atoms with Crippen LogP contribution in [0.4, 0.5) is 0 Å². The lowest BCUT2D eigenvalue weighted by Crippen LogP contribution is -2.41. The van der Waals surface area contributed by atoms with Crippen molar-refractivity contribution in [3.05, 3.63) is 29.8 Å². The quantitative estimate of drug-likeness (QED) is 0.843. The Morgan fingerprint density at radius 3 is 3.00 bits per heavy atom. The van der Waals surface area contributed by atoms with Crippen LogP contribution in [-0.4, -0.2) is 18.8 Å². The van der Waals surface area contributed by atoms with Gasteiger partial charge in [-0.25, -0.2) is 0 Å². The van der Waals surface area contributed by atoms with E-state index in [2.05, 4.69) is 0 Å². The smallest absolute Gasteiger partial charge is 0.119 e. The summed E-state index contributed by atoms with van der Waals surface area (Å²) >= 11 is 0. The fraction of sp³-hybridized carbons (Fsp3) is 0.571.